The molecule has 25 heavy (non-hydrogen) atoms. The lowest BCUT2D eigenvalue weighted by atomic mass is 10.0. The fraction of sp³-hybridized carbons (Fsp3) is 0.250. The van der Waals surface area contributed by atoms with E-state index in [0.29, 0.717) is 12.1 Å². The second kappa shape index (κ2) is 8.35. The average Bonchev–Trinajstić information content (AvgIpc) is 2.67. The Kier molecular flexibility index (Phi) is 5.69. The zero-order valence-corrected chi connectivity index (χ0v) is 14.0. The molecule has 0 aliphatic carbocycles. The first-order valence-corrected chi connectivity index (χ1v) is 8.40. The van der Waals surface area contributed by atoms with Crippen LogP contribution in [0.1, 0.15) is 24.1 Å². The Morgan fingerprint density at radius 2 is 2.08 bits per heavy atom. The van der Waals surface area contributed by atoms with E-state index in [1.165, 1.54) is 0 Å². The number of carbonyl (C=O) groups is 1. The first-order chi connectivity index (χ1) is 12.2. The Morgan fingerprint density at radius 3 is 2.80 bits per heavy atom. The van der Waals surface area contributed by atoms with Crippen LogP contribution in [0.25, 0.3) is 5.57 Å². The molecule has 3 rings (SSSR count). The van der Waals surface area contributed by atoms with Crippen LogP contribution < -0.4 is 0 Å². The number of aromatic nitrogens is 2. The fourth-order valence-corrected chi connectivity index (χ4v) is 2.97. The standard InChI is InChI=1S/C20H21N3O2/c24-20(25)17-8-4-12-23(15-17)13-5-9-18(16-6-2-1-3-7-16)19-14-21-10-11-22-19/h1-3,6-11,14H,4-5,12-13,15H2,(H,24,25). The Bertz CT molecular complexity index is 729. The first-order valence-electron chi connectivity index (χ1n) is 8.40. The summed E-state index contributed by atoms with van der Waals surface area (Å²) in [7, 11) is 0. The van der Waals surface area contributed by atoms with Crippen molar-refractivity contribution in [3.8, 4) is 0 Å². The molecule has 1 aliphatic rings. The van der Waals surface area contributed by atoms with Gasteiger partial charge in [0.1, 0.15) is 0 Å². The number of aliphatic carboxylic acids is 1. The maximum absolute atomic E-state index is 11.1. The number of hydrogen-bond donors (Lipinski definition) is 1. The Balaban J connectivity index is 1.72. The molecule has 0 saturated carbocycles. The van der Waals surface area contributed by atoms with Gasteiger partial charge in [0.25, 0.3) is 0 Å². The van der Waals surface area contributed by atoms with E-state index in [-0.39, 0.29) is 0 Å². The van der Waals surface area contributed by atoms with Crippen molar-refractivity contribution >= 4 is 11.5 Å². The van der Waals surface area contributed by atoms with Gasteiger partial charge in [-0.2, -0.15) is 0 Å². The predicted octanol–water partition coefficient (Wildman–Crippen LogP) is 3.02. The Hall–Kier alpha value is -2.79. The van der Waals surface area contributed by atoms with Gasteiger partial charge in [0.15, 0.2) is 0 Å². The molecule has 2 heterocycles. The number of carboxylic acids is 1. The van der Waals surface area contributed by atoms with Gasteiger partial charge in [-0.15, -0.1) is 0 Å². The third-order valence-electron chi connectivity index (χ3n) is 4.22. The third kappa shape index (κ3) is 4.61. The van der Waals surface area contributed by atoms with Gasteiger partial charge in [-0.25, -0.2) is 4.79 Å². The van der Waals surface area contributed by atoms with E-state index in [0.717, 1.165) is 42.8 Å². The van der Waals surface area contributed by atoms with E-state index in [1.54, 1.807) is 18.6 Å². The first kappa shape index (κ1) is 17.0. The molecule has 5 heteroatoms. The minimum atomic E-state index is -0.815. The molecule has 0 radical (unpaired) electrons. The summed E-state index contributed by atoms with van der Waals surface area (Å²) < 4.78 is 0. The molecule has 0 unspecified atom stereocenters. The number of hydrogen-bond acceptors (Lipinski definition) is 4. The van der Waals surface area contributed by atoms with Crippen LogP contribution in [0.15, 0.2) is 66.6 Å². The molecular weight excluding hydrogens is 314 g/mol. The van der Waals surface area contributed by atoms with Gasteiger partial charge in [0, 0.05) is 43.2 Å². The van der Waals surface area contributed by atoms with Gasteiger partial charge in [0.05, 0.1) is 11.9 Å². The van der Waals surface area contributed by atoms with Crippen molar-refractivity contribution in [1.82, 2.24) is 14.9 Å². The summed E-state index contributed by atoms with van der Waals surface area (Å²) in [5.41, 5.74) is 3.50. The highest BCUT2D eigenvalue weighted by Gasteiger charge is 2.16. The van der Waals surface area contributed by atoms with Crippen LogP contribution >= 0.6 is 0 Å². The number of rotatable bonds is 6. The number of carboxylic acid groups (broad SMARTS) is 1. The zero-order valence-electron chi connectivity index (χ0n) is 14.0. The van der Waals surface area contributed by atoms with Crippen molar-refractivity contribution in [2.24, 2.45) is 0 Å². The zero-order chi connectivity index (χ0) is 17.5. The van der Waals surface area contributed by atoms with Gasteiger partial charge in [-0.1, -0.05) is 42.5 Å². The Labute approximate surface area is 147 Å². The lowest BCUT2D eigenvalue weighted by molar-refractivity contribution is -0.133. The monoisotopic (exact) mass is 335 g/mol. The molecule has 0 bridgehead atoms. The van der Waals surface area contributed by atoms with Crippen molar-refractivity contribution in [1.29, 1.82) is 0 Å². The van der Waals surface area contributed by atoms with E-state index in [1.807, 2.05) is 24.3 Å². The van der Waals surface area contributed by atoms with Crippen LogP contribution in [0.4, 0.5) is 0 Å². The molecule has 1 N–H and O–H groups in total. The molecule has 0 fully saturated rings. The highest BCUT2D eigenvalue weighted by molar-refractivity contribution is 5.87. The summed E-state index contributed by atoms with van der Waals surface area (Å²) in [5.74, 6) is -0.815. The molecule has 0 saturated heterocycles. The summed E-state index contributed by atoms with van der Waals surface area (Å²) in [6, 6.07) is 10.1. The summed E-state index contributed by atoms with van der Waals surface area (Å²) in [4.78, 5) is 21.9. The van der Waals surface area contributed by atoms with Gasteiger partial charge < -0.3 is 5.11 Å². The minimum Gasteiger partial charge on any atom is -0.478 e. The van der Waals surface area contributed by atoms with Crippen LogP contribution in [0.5, 0.6) is 0 Å². The smallest absolute Gasteiger partial charge is 0.332 e. The fourth-order valence-electron chi connectivity index (χ4n) is 2.97. The maximum atomic E-state index is 11.1. The lowest BCUT2D eigenvalue weighted by Crippen LogP contribution is -2.32. The van der Waals surface area contributed by atoms with E-state index in [9.17, 15) is 4.79 Å². The van der Waals surface area contributed by atoms with E-state index in [2.05, 4.69) is 33.1 Å². The van der Waals surface area contributed by atoms with Gasteiger partial charge in [-0.3, -0.25) is 14.9 Å². The van der Waals surface area contributed by atoms with Crippen molar-refractivity contribution < 1.29 is 9.90 Å². The minimum absolute atomic E-state index is 0.493. The number of benzene rings is 1. The van der Waals surface area contributed by atoms with E-state index in [4.69, 9.17) is 5.11 Å². The topological polar surface area (TPSA) is 66.3 Å². The van der Waals surface area contributed by atoms with Gasteiger partial charge >= 0.3 is 5.97 Å². The predicted molar refractivity (Wildman–Crippen MR) is 96.9 cm³/mol. The molecule has 128 valence electrons. The van der Waals surface area contributed by atoms with Crippen LogP contribution in [0.2, 0.25) is 0 Å². The molecule has 0 atom stereocenters. The summed E-state index contributed by atoms with van der Waals surface area (Å²) >= 11 is 0. The largest absolute Gasteiger partial charge is 0.478 e. The third-order valence-corrected chi connectivity index (χ3v) is 4.22. The molecule has 1 aliphatic heterocycles. The van der Waals surface area contributed by atoms with Gasteiger partial charge in [0.2, 0.25) is 0 Å². The second-order valence-electron chi connectivity index (χ2n) is 5.96. The second-order valence-corrected chi connectivity index (χ2v) is 5.96. The van der Waals surface area contributed by atoms with Crippen molar-refractivity contribution in [3.05, 3.63) is 77.9 Å². The van der Waals surface area contributed by atoms with Crippen LogP contribution in [0, 0.1) is 0 Å². The summed E-state index contributed by atoms with van der Waals surface area (Å²) in [6.07, 6.45) is 10.7. The quantitative estimate of drug-likeness (QED) is 0.879. The normalized spacial score (nSPS) is 15.7. The van der Waals surface area contributed by atoms with Gasteiger partial charge in [-0.05, 0) is 18.4 Å². The SMILES string of the molecule is O=C(O)C1=CCCN(CCC=C(c2ccccc2)c2cnccn2)C1. The number of nitrogens with zero attached hydrogens (tertiary/aromatic N) is 3. The molecule has 5 nitrogen and oxygen atoms in total. The highest BCUT2D eigenvalue weighted by Crippen LogP contribution is 2.22. The molecule has 0 spiro atoms. The highest BCUT2D eigenvalue weighted by atomic mass is 16.4. The van der Waals surface area contributed by atoms with Crippen molar-refractivity contribution in [3.63, 3.8) is 0 Å². The lowest BCUT2D eigenvalue weighted by Gasteiger charge is -2.25. The molecule has 1 aromatic carbocycles. The molecule has 2 aromatic rings. The van der Waals surface area contributed by atoms with Crippen LogP contribution in [0.3, 0.4) is 0 Å². The Morgan fingerprint density at radius 1 is 1.24 bits per heavy atom. The van der Waals surface area contributed by atoms with Crippen molar-refractivity contribution in [2.45, 2.75) is 12.8 Å². The van der Waals surface area contributed by atoms with Crippen LogP contribution in [-0.2, 0) is 4.79 Å². The summed E-state index contributed by atoms with van der Waals surface area (Å²) in [6.45, 7) is 2.23. The van der Waals surface area contributed by atoms with Crippen molar-refractivity contribution in [2.75, 3.05) is 19.6 Å². The summed E-state index contributed by atoms with van der Waals surface area (Å²) in [5, 5.41) is 9.14. The average molecular weight is 335 g/mol. The van der Waals surface area contributed by atoms with E-state index < -0.39 is 5.97 Å². The van der Waals surface area contributed by atoms with E-state index >= 15 is 0 Å². The maximum Gasteiger partial charge on any atom is 0.332 e. The molecule has 0 amide bonds. The van der Waals surface area contributed by atoms with Crippen LogP contribution in [-0.4, -0.2) is 45.6 Å². The molecular formula is C20H21N3O2. The molecule has 1 aromatic heterocycles.